The topological polar surface area (TPSA) is 118 Å². The molecule has 1 aliphatic heterocycles. The molecule has 2 rings (SSSR count). The average molecular weight is 417 g/mol. The number of hydrogen-bond acceptors (Lipinski definition) is 9. The van der Waals surface area contributed by atoms with E-state index in [1.54, 1.807) is 0 Å². The van der Waals surface area contributed by atoms with Crippen LogP contribution < -0.4 is 14.2 Å². The Hall–Kier alpha value is -2.53. The van der Waals surface area contributed by atoms with Crippen molar-refractivity contribution in [2.45, 2.75) is 18.6 Å². The second kappa shape index (κ2) is 8.23. The summed E-state index contributed by atoms with van der Waals surface area (Å²) in [4.78, 5) is 26.7. The van der Waals surface area contributed by atoms with E-state index >= 15 is 0 Å². The smallest absolute Gasteiger partial charge is 0.361 e. The first kappa shape index (κ1) is 21.8. The number of carbonyl (C=O) groups is 2. The van der Waals surface area contributed by atoms with Gasteiger partial charge in [-0.1, -0.05) is 0 Å². The molecule has 1 fully saturated rings. The molecule has 0 aliphatic carbocycles. The molecule has 1 amide bonds. The van der Waals surface area contributed by atoms with E-state index in [4.69, 9.17) is 23.1 Å². The van der Waals surface area contributed by atoms with Gasteiger partial charge in [-0.3, -0.25) is 9.69 Å². The van der Waals surface area contributed by atoms with Gasteiger partial charge in [0.15, 0.2) is 11.5 Å². The molecule has 0 saturated carbocycles. The van der Waals surface area contributed by atoms with Gasteiger partial charge in [0.05, 0.1) is 34.7 Å². The number of rotatable bonds is 7. The first-order valence-corrected chi connectivity index (χ1v) is 10.1. The lowest BCUT2D eigenvalue weighted by Gasteiger charge is -2.34. The van der Waals surface area contributed by atoms with Gasteiger partial charge in [0.25, 0.3) is 21.8 Å². The minimum atomic E-state index is -4.07. The summed E-state index contributed by atoms with van der Waals surface area (Å²) in [5.41, 5.74) is -1.97. The summed E-state index contributed by atoms with van der Waals surface area (Å²) < 4.78 is 49.1. The highest BCUT2D eigenvalue weighted by Crippen LogP contribution is 2.40. The summed E-state index contributed by atoms with van der Waals surface area (Å²) in [6.45, 7) is 0.0973. The van der Waals surface area contributed by atoms with Crippen molar-refractivity contribution in [1.29, 1.82) is 0 Å². The van der Waals surface area contributed by atoms with Gasteiger partial charge < -0.3 is 18.9 Å². The number of amides is 1. The standard InChI is InChI=1S/C17H23NO9S/c1-23-12-9-11(10-13(24-2)14(12)25-3)15(19)18-8-6-7-17(18,16(20)26-4)27-28(5,21)22/h9-10H,6-8H2,1-5H3. The Morgan fingerprint density at radius 3 is 2.04 bits per heavy atom. The summed E-state index contributed by atoms with van der Waals surface area (Å²) in [5, 5.41) is 0. The molecule has 0 aromatic heterocycles. The van der Waals surface area contributed by atoms with Gasteiger partial charge in [0, 0.05) is 18.5 Å². The van der Waals surface area contributed by atoms with E-state index in [0.29, 0.717) is 6.42 Å². The number of nitrogens with zero attached hydrogens (tertiary/aromatic N) is 1. The van der Waals surface area contributed by atoms with Crippen molar-refractivity contribution in [1.82, 2.24) is 4.90 Å². The molecule has 1 aromatic carbocycles. The number of ether oxygens (including phenoxy) is 4. The number of hydrogen-bond donors (Lipinski definition) is 0. The van der Waals surface area contributed by atoms with Crippen molar-refractivity contribution in [3.63, 3.8) is 0 Å². The SMILES string of the molecule is COC(=O)C1(OS(C)(=O)=O)CCCN1C(=O)c1cc(OC)c(OC)c(OC)c1. The van der Waals surface area contributed by atoms with Gasteiger partial charge in [-0.05, 0) is 18.6 Å². The minimum absolute atomic E-state index is 0.0249. The summed E-state index contributed by atoms with van der Waals surface area (Å²) in [7, 11) is 1.24. The normalized spacial score (nSPS) is 19.2. The molecule has 10 nitrogen and oxygen atoms in total. The van der Waals surface area contributed by atoms with Crippen molar-refractivity contribution in [3.8, 4) is 17.2 Å². The Labute approximate surface area is 163 Å². The van der Waals surface area contributed by atoms with Crippen LogP contribution >= 0.6 is 0 Å². The van der Waals surface area contributed by atoms with Gasteiger partial charge in [0.1, 0.15) is 0 Å². The molecule has 156 valence electrons. The third-order valence-electron chi connectivity index (χ3n) is 4.28. The van der Waals surface area contributed by atoms with Crippen LogP contribution in [0.3, 0.4) is 0 Å². The highest BCUT2D eigenvalue weighted by Gasteiger charge is 2.55. The van der Waals surface area contributed by atoms with E-state index in [1.165, 1.54) is 33.5 Å². The van der Waals surface area contributed by atoms with Crippen LogP contribution in [0.2, 0.25) is 0 Å². The molecule has 1 aliphatic rings. The Morgan fingerprint density at radius 2 is 1.61 bits per heavy atom. The van der Waals surface area contributed by atoms with Gasteiger partial charge in [-0.15, -0.1) is 0 Å². The highest BCUT2D eigenvalue weighted by molar-refractivity contribution is 7.86. The van der Waals surface area contributed by atoms with E-state index in [9.17, 15) is 18.0 Å². The summed E-state index contributed by atoms with van der Waals surface area (Å²) in [6, 6.07) is 2.81. The largest absolute Gasteiger partial charge is 0.493 e. The van der Waals surface area contributed by atoms with Crippen LogP contribution in [0.1, 0.15) is 23.2 Å². The fraction of sp³-hybridized carbons (Fsp3) is 0.529. The molecular weight excluding hydrogens is 394 g/mol. The summed E-state index contributed by atoms with van der Waals surface area (Å²) in [5.74, 6) is -0.870. The molecule has 11 heteroatoms. The zero-order valence-corrected chi connectivity index (χ0v) is 17.1. The first-order valence-electron chi connectivity index (χ1n) is 8.24. The Kier molecular flexibility index (Phi) is 6.40. The maximum atomic E-state index is 13.2. The number of likely N-dealkylation sites (tertiary alicyclic amines) is 1. The van der Waals surface area contributed by atoms with Crippen LogP contribution in [0.25, 0.3) is 0 Å². The molecule has 1 saturated heterocycles. The molecule has 1 heterocycles. The molecule has 1 aromatic rings. The predicted molar refractivity (Wildman–Crippen MR) is 97.0 cm³/mol. The second-order valence-corrected chi connectivity index (χ2v) is 7.61. The first-order chi connectivity index (χ1) is 13.1. The number of carbonyl (C=O) groups excluding carboxylic acids is 2. The van der Waals surface area contributed by atoms with Crippen LogP contribution in [0.5, 0.6) is 17.2 Å². The molecular formula is C17H23NO9S. The summed E-state index contributed by atoms with van der Waals surface area (Å²) in [6.07, 6.45) is 1.13. The van der Waals surface area contributed by atoms with Crippen molar-refractivity contribution in [2.75, 3.05) is 41.2 Å². The second-order valence-electron chi connectivity index (χ2n) is 6.04. The van der Waals surface area contributed by atoms with Crippen LogP contribution in [0.4, 0.5) is 0 Å². The zero-order chi connectivity index (χ0) is 21.1. The Balaban J connectivity index is 2.56. The van der Waals surface area contributed by atoms with Crippen LogP contribution in [-0.2, 0) is 23.8 Å². The lowest BCUT2D eigenvalue weighted by molar-refractivity contribution is -0.170. The van der Waals surface area contributed by atoms with Crippen LogP contribution in [0, 0.1) is 0 Å². The minimum Gasteiger partial charge on any atom is -0.493 e. The third-order valence-corrected chi connectivity index (χ3v) is 4.86. The van der Waals surface area contributed by atoms with Crippen LogP contribution in [-0.4, -0.2) is 72.2 Å². The van der Waals surface area contributed by atoms with Crippen molar-refractivity contribution >= 4 is 22.0 Å². The monoisotopic (exact) mass is 417 g/mol. The molecule has 0 spiro atoms. The number of esters is 1. The third kappa shape index (κ3) is 3.99. The summed E-state index contributed by atoms with van der Waals surface area (Å²) >= 11 is 0. The molecule has 28 heavy (non-hydrogen) atoms. The van der Waals surface area contributed by atoms with E-state index in [-0.39, 0.29) is 35.8 Å². The number of benzene rings is 1. The molecule has 0 radical (unpaired) electrons. The van der Waals surface area contributed by atoms with Gasteiger partial charge in [-0.2, -0.15) is 8.42 Å². The lowest BCUT2D eigenvalue weighted by atomic mass is 10.1. The van der Waals surface area contributed by atoms with Gasteiger partial charge >= 0.3 is 5.97 Å². The van der Waals surface area contributed by atoms with Crippen molar-refractivity contribution in [3.05, 3.63) is 17.7 Å². The van der Waals surface area contributed by atoms with E-state index in [1.807, 2.05) is 0 Å². The van der Waals surface area contributed by atoms with Crippen molar-refractivity contribution < 1.29 is 41.1 Å². The van der Waals surface area contributed by atoms with Gasteiger partial charge in [-0.25, -0.2) is 8.98 Å². The molecule has 1 atom stereocenters. The quantitative estimate of drug-likeness (QED) is 0.469. The molecule has 0 bridgehead atoms. The fourth-order valence-electron chi connectivity index (χ4n) is 3.16. The number of methoxy groups -OCH3 is 4. The average Bonchev–Trinajstić information content (AvgIpc) is 3.07. The maximum absolute atomic E-state index is 13.2. The predicted octanol–water partition coefficient (Wildman–Crippen LogP) is 0.794. The van der Waals surface area contributed by atoms with Crippen LogP contribution in [0.15, 0.2) is 12.1 Å². The highest BCUT2D eigenvalue weighted by atomic mass is 32.2. The van der Waals surface area contributed by atoms with E-state index in [2.05, 4.69) is 0 Å². The Morgan fingerprint density at radius 1 is 1.04 bits per heavy atom. The maximum Gasteiger partial charge on any atom is 0.361 e. The Bertz CT molecular complexity index is 842. The molecule has 1 unspecified atom stereocenters. The lowest BCUT2D eigenvalue weighted by Crippen LogP contribution is -2.56. The molecule has 0 N–H and O–H groups in total. The van der Waals surface area contributed by atoms with E-state index < -0.39 is 27.7 Å². The van der Waals surface area contributed by atoms with Crippen molar-refractivity contribution in [2.24, 2.45) is 0 Å². The van der Waals surface area contributed by atoms with E-state index in [0.717, 1.165) is 18.3 Å². The van der Waals surface area contributed by atoms with Gasteiger partial charge in [0.2, 0.25) is 5.75 Å². The fourth-order valence-corrected chi connectivity index (χ4v) is 3.90. The zero-order valence-electron chi connectivity index (χ0n) is 16.3.